The first kappa shape index (κ1) is 28.9. The maximum atomic E-state index is 14.4. The average molecular weight is 552 g/mol. The average Bonchev–Trinajstić information content (AvgIpc) is 2.86. The number of nitrogens with one attached hydrogen (secondary N) is 1. The van der Waals surface area contributed by atoms with E-state index in [9.17, 15) is 22.4 Å². The summed E-state index contributed by atoms with van der Waals surface area (Å²) in [6.07, 6.45) is 6.40. The van der Waals surface area contributed by atoms with E-state index in [4.69, 9.17) is 11.6 Å². The summed E-state index contributed by atoms with van der Waals surface area (Å²) in [7, 11) is -3.60. The molecule has 1 atom stereocenters. The molecule has 10 heteroatoms. The van der Waals surface area contributed by atoms with E-state index in [0.717, 1.165) is 38.4 Å². The molecule has 0 radical (unpaired) electrons. The predicted molar refractivity (Wildman–Crippen MR) is 144 cm³/mol. The van der Waals surface area contributed by atoms with Gasteiger partial charge in [0.05, 0.1) is 11.9 Å². The molecule has 37 heavy (non-hydrogen) atoms. The Bertz CT molecular complexity index is 1170. The molecule has 1 N–H and O–H groups in total. The number of carbonyl (C=O) groups excluding carboxylic acids is 2. The molecule has 2 amide bonds. The summed E-state index contributed by atoms with van der Waals surface area (Å²) in [5.74, 6) is -1.07. The largest absolute Gasteiger partial charge is 0.352 e. The second-order valence-corrected chi connectivity index (χ2v) is 11.9. The molecule has 0 aliphatic heterocycles. The van der Waals surface area contributed by atoms with E-state index in [0.29, 0.717) is 16.3 Å². The summed E-state index contributed by atoms with van der Waals surface area (Å²) in [6, 6.07) is 11.8. The Morgan fingerprint density at radius 2 is 1.73 bits per heavy atom. The van der Waals surface area contributed by atoms with Crippen LogP contribution in [0.25, 0.3) is 0 Å². The first-order valence-electron chi connectivity index (χ1n) is 12.6. The highest BCUT2D eigenvalue weighted by molar-refractivity contribution is 7.92. The minimum Gasteiger partial charge on any atom is -0.352 e. The zero-order valence-electron chi connectivity index (χ0n) is 21.3. The highest BCUT2D eigenvalue weighted by Gasteiger charge is 2.29. The fourth-order valence-electron chi connectivity index (χ4n) is 4.57. The molecule has 1 fully saturated rings. The van der Waals surface area contributed by atoms with Gasteiger partial charge in [0.1, 0.15) is 11.9 Å². The van der Waals surface area contributed by atoms with Crippen LogP contribution in [0.5, 0.6) is 0 Å². The lowest BCUT2D eigenvalue weighted by atomic mass is 9.95. The lowest BCUT2D eigenvalue weighted by molar-refractivity contribution is -0.141. The summed E-state index contributed by atoms with van der Waals surface area (Å²) < 4.78 is 40.4. The first-order valence-corrected chi connectivity index (χ1v) is 14.9. The van der Waals surface area contributed by atoms with E-state index < -0.39 is 21.9 Å². The van der Waals surface area contributed by atoms with Crippen molar-refractivity contribution >= 4 is 39.1 Å². The normalized spacial score (nSPS) is 15.1. The topological polar surface area (TPSA) is 86.8 Å². The molecule has 1 aliphatic carbocycles. The van der Waals surface area contributed by atoms with E-state index in [1.165, 1.54) is 15.3 Å². The van der Waals surface area contributed by atoms with Crippen LogP contribution in [-0.2, 0) is 26.2 Å². The van der Waals surface area contributed by atoms with Gasteiger partial charge in [0.2, 0.25) is 21.8 Å². The van der Waals surface area contributed by atoms with Crippen molar-refractivity contribution in [3.05, 3.63) is 64.9 Å². The first-order chi connectivity index (χ1) is 17.6. The number of halogens is 2. The van der Waals surface area contributed by atoms with Gasteiger partial charge in [-0.1, -0.05) is 49.1 Å². The Kier molecular flexibility index (Phi) is 10.3. The summed E-state index contributed by atoms with van der Waals surface area (Å²) in [6.45, 7) is 1.66. The molecule has 3 rings (SSSR count). The maximum Gasteiger partial charge on any atom is 0.242 e. The quantitative estimate of drug-likeness (QED) is 0.431. The third kappa shape index (κ3) is 8.43. The zero-order chi connectivity index (χ0) is 27.0. The maximum absolute atomic E-state index is 14.4. The third-order valence-corrected chi connectivity index (χ3v) is 8.13. The van der Waals surface area contributed by atoms with Gasteiger partial charge >= 0.3 is 0 Å². The zero-order valence-corrected chi connectivity index (χ0v) is 22.9. The lowest BCUT2D eigenvalue weighted by Crippen LogP contribution is -2.50. The Labute approximate surface area is 224 Å². The summed E-state index contributed by atoms with van der Waals surface area (Å²) >= 11 is 5.93. The number of anilines is 1. The van der Waals surface area contributed by atoms with E-state index in [1.54, 1.807) is 49.4 Å². The van der Waals surface area contributed by atoms with Crippen LogP contribution < -0.4 is 9.62 Å². The molecule has 0 saturated heterocycles. The minimum absolute atomic E-state index is 0.00485. The summed E-state index contributed by atoms with van der Waals surface area (Å²) in [4.78, 5) is 27.8. The van der Waals surface area contributed by atoms with Crippen molar-refractivity contribution in [3.63, 3.8) is 0 Å². The van der Waals surface area contributed by atoms with Gasteiger partial charge in [-0.05, 0) is 56.5 Å². The SMILES string of the molecule is C[C@@H](C(=O)NC1CCCCC1)N(Cc1ccccc1F)C(=O)CCCN(c1ccc(Cl)cc1)S(C)(=O)=O. The van der Waals surface area contributed by atoms with Gasteiger partial charge in [0, 0.05) is 36.1 Å². The van der Waals surface area contributed by atoms with Crippen LogP contribution in [0, 0.1) is 5.82 Å². The summed E-state index contributed by atoms with van der Waals surface area (Å²) in [5.41, 5.74) is 0.759. The molecule has 7 nitrogen and oxygen atoms in total. The summed E-state index contributed by atoms with van der Waals surface area (Å²) in [5, 5.41) is 3.53. The molecule has 0 aromatic heterocycles. The molecule has 202 valence electrons. The van der Waals surface area contributed by atoms with Crippen molar-refractivity contribution in [3.8, 4) is 0 Å². The highest BCUT2D eigenvalue weighted by atomic mass is 35.5. The second-order valence-electron chi connectivity index (χ2n) is 9.55. The molecule has 2 aromatic rings. The molecule has 1 aliphatic rings. The van der Waals surface area contributed by atoms with E-state index in [1.807, 2.05) is 0 Å². The van der Waals surface area contributed by atoms with Crippen molar-refractivity contribution in [2.75, 3.05) is 17.1 Å². The second kappa shape index (κ2) is 13.2. The van der Waals surface area contributed by atoms with Crippen LogP contribution in [-0.4, -0.2) is 50.0 Å². The Morgan fingerprint density at radius 3 is 2.35 bits per heavy atom. The number of hydrogen-bond donors (Lipinski definition) is 1. The molecule has 1 saturated carbocycles. The van der Waals surface area contributed by atoms with E-state index >= 15 is 0 Å². The van der Waals surface area contributed by atoms with Crippen LogP contribution in [0.3, 0.4) is 0 Å². The van der Waals surface area contributed by atoms with Crippen LogP contribution in [0.2, 0.25) is 5.02 Å². The smallest absolute Gasteiger partial charge is 0.242 e. The molecular weight excluding hydrogens is 517 g/mol. The van der Waals surface area contributed by atoms with Crippen molar-refractivity contribution in [1.29, 1.82) is 0 Å². The van der Waals surface area contributed by atoms with Crippen LogP contribution >= 0.6 is 11.6 Å². The number of carbonyl (C=O) groups is 2. The van der Waals surface area contributed by atoms with Crippen LogP contribution in [0.15, 0.2) is 48.5 Å². The van der Waals surface area contributed by atoms with E-state index in [2.05, 4.69) is 5.32 Å². The predicted octanol–water partition coefficient (Wildman–Crippen LogP) is 4.89. The molecule has 0 heterocycles. The number of sulfonamides is 1. The Hall–Kier alpha value is -2.65. The number of rotatable bonds is 11. The van der Waals surface area contributed by atoms with Crippen molar-refractivity contribution in [2.45, 2.75) is 70.5 Å². The standard InChI is InChI=1S/C27H35ClFN3O4S/c1-20(27(34)30-23-10-4-3-5-11-23)31(19-21-9-6-7-12-25(21)29)26(33)13-8-18-32(37(2,35)36)24-16-14-22(28)15-17-24/h6-7,9,12,14-17,20,23H,3-5,8,10-11,13,18-19H2,1-2H3,(H,30,34)/t20-/m0/s1. The van der Waals surface area contributed by atoms with E-state index in [-0.39, 0.29) is 43.8 Å². The monoisotopic (exact) mass is 551 g/mol. The van der Waals surface area contributed by atoms with Gasteiger partial charge in [-0.2, -0.15) is 0 Å². The van der Waals surface area contributed by atoms with Gasteiger partial charge in [-0.25, -0.2) is 12.8 Å². The molecule has 0 spiro atoms. The highest BCUT2D eigenvalue weighted by Crippen LogP contribution is 2.22. The van der Waals surface area contributed by atoms with Crippen molar-refractivity contribution < 1.29 is 22.4 Å². The number of amides is 2. The van der Waals surface area contributed by atoms with Gasteiger partial charge < -0.3 is 10.2 Å². The van der Waals surface area contributed by atoms with Gasteiger partial charge in [0.15, 0.2) is 0 Å². The minimum atomic E-state index is -3.60. The Morgan fingerprint density at radius 1 is 1.08 bits per heavy atom. The number of hydrogen-bond acceptors (Lipinski definition) is 4. The number of benzene rings is 2. The fourth-order valence-corrected chi connectivity index (χ4v) is 5.66. The van der Waals surface area contributed by atoms with Crippen molar-refractivity contribution in [2.24, 2.45) is 0 Å². The number of nitrogens with zero attached hydrogens (tertiary/aromatic N) is 2. The Balaban J connectivity index is 1.72. The van der Waals surface area contributed by atoms with Crippen molar-refractivity contribution in [1.82, 2.24) is 10.2 Å². The third-order valence-electron chi connectivity index (χ3n) is 6.68. The molecule has 2 aromatic carbocycles. The van der Waals surface area contributed by atoms with Gasteiger partial charge in [0.25, 0.3) is 0 Å². The fraction of sp³-hybridized carbons (Fsp3) is 0.481. The molecular formula is C27H35ClFN3O4S. The molecule has 0 unspecified atom stereocenters. The van der Waals surface area contributed by atoms with Gasteiger partial charge in [-0.3, -0.25) is 13.9 Å². The van der Waals surface area contributed by atoms with Crippen LogP contribution in [0.1, 0.15) is 57.4 Å². The lowest BCUT2D eigenvalue weighted by Gasteiger charge is -2.31. The molecule has 0 bridgehead atoms. The van der Waals surface area contributed by atoms with Gasteiger partial charge in [-0.15, -0.1) is 0 Å². The van der Waals surface area contributed by atoms with Crippen LogP contribution in [0.4, 0.5) is 10.1 Å².